The molecule has 1 unspecified atom stereocenters. The van der Waals surface area contributed by atoms with Crippen molar-refractivity contribution in [3.63, 3.8) is 0 Å². The fourth-order valence-corrected chi connectivity index (χ4v) is 2.49. The minimum Gasteiger partial charge on any atom is -0.365 e. The molecule has 0 radical (unpaired) electrons. The summed E-state index contributed by atoms with van der Waals surface area (Å²) in [7, 11) is 3.81. The largest absolute Gasteiger partial charge is 0.365 e. The van der Waals surface area contributed by atoms with Gasteiger partial charge in [-0.2, -0.15) is 0 Å². The van der Waals surface area contributed by atoms with E-state index in [1.165, 1.54) is 11.2 Å². The normalized spacial score (nSPS) is 12.4. The van der Waals surface area contributed by atoms with Gasteiger partial charge in [0.1, 0.15) is 6.33 Å². The Hall–Kier alpha value is -1.53. The first-order valence-electron chi connectivity index (χ1n) is 5.37. The number of nitrogens with one attached hydrogen (secondary N) is 2. The highest BCUT2D eigenvalue weighted by Gasteiger charge is 2.17. The lowest BCUT2D eigenvalue weighted by Crippen LogP contribution is -2.11. The number of nitrogens with zero attached hydrogens (tertiary/aromatic N) is 3. The van der Waals surface area contributed by atoms with Gasteiger partial charge in [0.25, 0.3) is 0 Å². The molecule has 0 saturated heterocycles. The van der Waals surface area contributed by atoms with Crippen molar-refractivity contribution in [1.82, 2.24) is 20.3 Å². The van der Waals surface area contributed by atoms with Crippen LogP contribution in [0, 0.1) is 0 Å². The molecule has 0 aliphatic carbocycles. The summed E-state index contributed by atoms with van der Waals surface area (Å²) < 4.78 is 0. The molecule has 0 saturated carbocycles. The van der Waals surface area contributed by atoms with Crippen LogP contribution in [0.4, 0.5) is 5.13 Å². The molecule has 0 bridgehead atoms. The molecule has 0 aliphatic heterocycles. The number of hydrogen-bond donors (Lipinski definition) is 2. The lowest BCUT2D eigenvalue weighted by atomic mass is 10.1. The molecule has 2 aromatic heterocycles. The van der Waals surface area contributed by atoms with Crippen molar-refractivity contribution in [3.8, 4) is 11.3 Å². The van der Waals surface area contributed by atoms with Crippen LogP contribution < -0.4 is 10.6 Å². The summed E-state index contributed by atoms with van der Waals surface area (Å²) in [6, 6.07) is 0.254. The number of rotatable bonds is 4. The second-order valence-electron chi connectivity index (χ2n) is 3.62. The molecule has 2 heterocycles. The van der Waals surface area contributed by atoms with Crippen molar-refractivity contribution in [2.24, 2.45) is 0 Å². The van der Waals surface area contributed by atoms with Gasteiger partial charge in [0.15, 0.2) is 5.13 Å². The van der Waals surface area contributed by atoms with E-state index in [1.807, 2.05) is 14.1 Å². The van der Waals surface area contributed by atoms with E-state index < -0.39 is 0 Å². The maximum Gasteiger partial charge on any atom is 0.183 e. The van der Waals surface area contributed by atoms with Gasteiger partial charge in [-0.25, -0.2) is 15.0 Å². The monoisotopic (exact) mass is 249 g/mol. The van der Waals surface area contributed by atoms with Crippen LogP contribution in [0.25, 0.3) is 11.3 Å². The van der Waals surface area contributed by atoms with Gasteiger partial charge in [0.05, 0.1) is 10.6 Å². The third kappa shape index (κ3) is 2.42. The van der Waals surface area contributed by atoms with Gasteiger partial charge in [-0.3, -0.25) is 0 Å². The van der Waals surface area contributed by atoms with Crippen molar-refractivity contribution >= 4 is 16.5 Å². The van der Waals surface area contributed by atoms with Gasteiger partial charge in [-0.1, -0.05) is 11.3 Å². The summed E-state index contributed by atoms with van der Waals surface area (Å²) in [6.45, 7) is 2.11. The van der Waals surface area contributed by atoms with Crippen molar-refractivity contribution in [1.29, 1.82) is 0 Å². The standard InChI is InChI=1S/C11H15N5S/c1-7(12-2)10-9(16-11(13-3)17-10)8-4-14-6-15-5-8/h4-7,12H,1-3H3,(H,13,16). The molecular weight excluding hydrogens is 234 g/mol. The summed E-state index contributed by atoms with van der Waals surface area (Å²) in [5.41, 5.74) is 1.89. The minimum atomic E-state index is 0.254. The Kier molecular flexibility index (Phi) is 3.65. The van der Waals surface area contributed by atoms with Gasteiger partial charge in [0.2, 0.25) is 0 Å². The van der Waals surface area contributed by atoms with Crippen LogP contribution in [0.2, 0.25) is 0 Å². The molecular formula is C11H15N5S. The Morgan fingerprint density at radius 2 is 1.94 bits per heavy atom. The Labute approximate surface area is 104 Å². The number of thiazole rings is 1. The van der Waals surface area contributed by atoms with Crippen LogP contribution in [0.1, 0.15) is 17.8 Å². The zero-order valence-electron chi connectivity index (χ0n) is 10.1. The maximum absolute atomic E-state index is 4.56. The smallest absolute Gasteiger partial charge is 0.183 e. The number of aromatic nitrogens is 3. The van der Waals surface area contributed by atoms with Gasteiger partial charge in [0, 0.05) is 31.0 Å². The number of anilines is 1. The van der Waals surface area contributed by atoms with Crippen LogP contribution in [0.15, 0.2) is 18.7 Å². The van der Waals surface area contributed by atoms with Gasteiger partial charge in [-0.15, -0.1) is 0 Å². The predicted molar refractivity (Wildman–Crippen MR) is 70.2 cm³/mol. The molecule has 6 heteroatoms. The van der Waals surface area contributed by atoms with E-state index in [4.69, 9.17) is 0 Å². The summed E-state index contributed by atoms with van der Waals surface area (Å²) >= 11 is 1.65. The van der Waals surface area contributed by atoms with E-state index in [9.17, 15) is 0 Å². The first kappa shape index (κ1) is 11.9. The van der Waals surface area contributed by atoms with Gasteiger partial charge >= 0.3 is 0 Å². The summed E-state index contributed by atoms with van der Waals surface area (Å²) in [5.74, 6) is 0. The highest BCUT2D eigenvalue weighted by Crippen LogP contribution is 2.34. The molecule has 0 aromatic carbocycles. The lowest BCUT2D eigenvalue weighted by molar-refractivity contribution is 0.664. The zero-order chi connectivity index (χ0) is 12.3. The van der Waals surface area contributed by atoms with E-state index in [0.717, 1.165) is 16.4 Å². The third-order valence-corrected chi connectivity index (χ3v) is 3.78. The first-order chi connectivity index (χ1) is 8.26. The molecule has 1 atom stereocenters. The van der Waals surface area contributed by atoms with E-state index in [0.29, 0.717) is 0 Å². The fraction of sp³-hybridized carbons (Fsp3) is 0.364. The first-order valence-corrected chi connectivity index (χ1v) is 6.19. The molecule has 0 amide bonds. The number of hydrogen-bond acceptors (Lipinski definition) is 6. The van der Waals surface area contributed by atoms with E-state index in [2.05, 4.69) is 32.5 Å². The van der Waals surface area contributed by atoms with Crippen molar-refractivity contribution in [2.75, 3.05) is 19.4 Å². The van der Waals surface area contributed by atoms with E-state index >= 15 is 0 Å². The molecule has 0 aliphatic rings. The summed E-state index contributed by atoms with van der Waals surface area (Å²) in [6.07, 6.45) is 5.09. The molecule has 0 spiro atoms. The van der Waals surface area contributed by atoms with E-state index in [-0.39, 0.29) is 6.04 Å². The highest BCUT2D eigenvalue weighted by molar-refractivity contribution is 7.16. The molecule has 0 fully saturated rings. The van der Waals surface area contributed by atoms with Crippen molar-refractivity contribution < 1.29 is 0 Å². The SMILES string of the molecule is CNc1nc(-c2cncnc2)c(C(C)NC)s1. The van der Waals surface area contributed by atoms with Gasteiger partial charge in [-0.05, 0) is 14.0 Å². The van der Waals surface area contributed by atoms with E-state index in [1.54, 1.807) is 23.7 Å². The predicted octanol–water partition coefficient (Wildman–Crippen LogP) is 1.92. The molecule has 2 rings (SSSR count). The Morgan fingerprint density at radius 3 is 2.53 bits per heavy atom. The molecule has 5 nitrogen and oxygen atoms in total. The molecule has 90 valence electrons. The quantitative estimate of drug-likeness (QED) is 0.867. The second-order valence-corrected chi connectivity index (χ2v) is 4.65. The molecule has 2 aromatic rings. The fourth-order valence-electron chi connectivity index (χ4n) is 1.49. The highest BCUT2D eigenvalue weighted by atomic mass is 32.1. The van der Waals surface area contributed by atoms with Crippen LogP contribution in [0.5, 0.6) is 0 Å². The average Bonchev–Trinajstić information content (AvgIpc) is 2.83. The van der Waals surface area contributed by atoms with Crippen LogP contribution >= 0.6 is 11.3 Å². The maximum atomic E-state index is 4.56. The Morgan fingerprint density at radius 1 is 1.24 bits per heavy atom. The summed E-state index contributed by atoms with van der Waals surface area (Å²) in [4.78, 5) is 13.8. The third-order valence-electron chi connectivity index (χ3n) is 2.53. The second kappa shape index (κ2) is 5.20. The van der Waals surface area contributed by atoms with Crippen LogP contribution in [-0.4, -0.2) is 29.0 Å². The van der Waals surface area contributed by atoms with Gasteiger partial charge < -0.3 is 10.6 Å². The minimum absolute atomic E-state index is 0.254. The molecule has 17 heavy (non-hydrogen) atoms. The molecule has 2 N–H and O–H groups in total. The van der Waals surface area contributed by atoms with Crippen LogP contribution in [0.3, 0.4) is 0 Å². The lowest BCUT2D eigenvalue weighted by Gasteiger charge is -2.09. The van der Waals surface area contributed by atoms with Crippen LogP contribution in [-0.2, 0) is 0 Å². The Bertz CT molecular complexity index is 482. The topological polar surface area (TPSA) is 62.7 Å². The van der Waals surface area contributed by atoms with Crippen molar-refractivity contribution in [3.05, 3.63) is 23.6 Å². The Balaban J connectivity index is 2.48. The zero-order valence-corrected chi connectivity index (χ0v) is 10.9. The average molecular weight is 249 g/mol. The summed E-state index contributed by atoms with van der Waals surface area (Å²) in [5, 5.41) is 7.21. The van der Waals surface area contributed by atoms with Crippen molar-refractivity contribution in [2.45, 2.75) is 13.0 Å².